The van der Waals surface area contributed by atoms with E-state index in [1.54, 1.807) is 20.3 Å². The van der Waals surface area contributed by atoms with Crippen LogP contribution in [0.1, 0.15) is 10.4 Å². The summed E-state index contributed by atoms with van der Waals surface area (Å²) in [7, 11) is 3.19. The maximum Gasteiger partial charge on any atom is 0.335 e. The Bertz CT molecular complexity index is 595. The molecule has 0 saturated heterocycles. The summed E-state index contributed by atoms with van der Waals surface area (Å²) in [5.74, 6) is -1.00. The zero-order valence-corrected chi connectivity index (χ0v) is 11.3. The first-order valence-corrected chi connectivity index (χ1v) is 6.03. The van der Waals surface area contributed by atoms with Crippen LogP contribution in [0.15, 0.2) is 22.6 Å². The molecule has 1 aromatic carbocycles. The van der Waals surface area contributed by atoms with Gasteiger partial charge in [-0.3, -0.25) is 0 Å². The number of nitrogens with zero attached hydrogens (tertiary/aromatic N) is 1. The molecule has 0 fully saturated rings. The lowest BCUT2D eigenvalue weighted by Crippen LogP contribution is -2.26. The highest BCUT2D eigenvalue weighted by Crippen LogP contribution is 2.20. The Labute approximate surface area is 115 Å². The number of rotatable bonds is 7. The monoisotopic (exact) mass is 280 g/mol. The van der Waals surface area contributed by atoms with Crippen molar-refractivity contribution in [3.8, 4) is 0 Å². The Hall–Kier alpha value is -2.12. The average molecular weight is 280 g/mol. The van der Waals surface area contributed by atoms with E-state index < -0.39 is 5.97 Å². The largest absolute Gasteiger partial charge is 0.478 e. The highest BCUT2D eigenvalue weighted by Gasteiger charge is 2.11. The van der Waals surface area contributed by atoms with Crippen LogP contribution >= 0.6 is 0 Å². The maximum absolute atomic E-state index is 10.9. The number of oxazole rings is 1. The quantitative estimate of drug-likeness (QED) is 0.795. The van der Waals surface area contributed by atoms with E-state index in [1.165, 1.54) is 12.1 Å². The number of ether oxygens (including phenoxy) is 2. The molecule has 1 heterocycles. The minimum absolute atomic E-state index is 0.121. The summed E-state index contributed by atoms with van der Waals surface area (Å²) in [5, 5.41) is 11.9. The number of carboxylic acids is 1. The van der Waals surface area contributed by atoms with Gasteiger partial charge >= 0.3 is 5.97 Å². The average Bonchev–Trinajstić information content (AvgIpc) is 2.85. The van der Waals surface area contributed by atoms with E-state index in [4.69, 9.17) is 19.0 Å². The van der Waals surface area contributed by atoms with Crippen LogP contribution in [0.5, 0.6) is 0 Å². The Morgan fingerprint density at radius 2 is 2.30 bits per heavy atom. The maximum atomic E-state index is 10.9. The van der Waals surface area contributed by atoms with Crippen LogP contribution in [0.25, 0.3) is 11.1 Å². The standard InChI is InChI=1S/C13H16N2O5/c1-18-7-9(19-2)6-14-13-15-10-4-3-8(12(16)17)5-11(10)20-13/h3-5,9H,6-7H2,1-2H3,(H,14,15)(H,16,17). The van der Waals surface area contributed by atoms with Gasteiger partial charge in [-0.25, -0.2) is 4.79 Å². The number of hydrogen-bond acceptors (Lipinski definition) is 6. The number of nitrogens with one attached hydrogen (secondary N) is 1. The molecule has 7 nitrogen and oxygen atoms in total. The minimum Gasteiger partial charge on any atom is -0.478 e. The van der Waals surface area contributed by atoms with E-state index in [2.05, 4.69) is 10.3 Å². The fourth-order valence-corrected chi connectivity index (χ4v) is 1.73. The first kappa shape index (κ1) is 14.3. The topological polar surface area (TPSA) is 93.8 Å². The second kappa shape index (κ2) is 6.36. The van der Waals surface area contributed by atoms with Crippen LogP contribution in [-0.4, -0.2) is 49.5 Å². The molecule has 0 aliphatic carbocycles. The summed E-state index contributed by atoms with van der Waals surface area (Å²) >= 11 is 0. The van der Waals surface area contributed by atoms with Crippen molar-refractivity contribution in [3.63, 3.8) is 0 Å². The highest BCUT2D eigenvalue weighted by molar-refractivity contribution is 5.92. The second-order valence-electron chi connectivity index (χ2n) is 4.20. The van der Waals surface area contributed by atoms with Gasteiger partial charge in [0.15, 0.2) is 5.58 Å². The zero-order chi connectivity index (χ0) is 14.5. The fourth-order valence-electron chi connectivity index (χ4n) is 1.73. The predicted molar refractivity (Wildman–Crippen MR) is 72.1 cm³/mol. The molecule has 0 bridgehead atoms. The Kier molecular flexibility index (Phi) is 4.54. The molecule has 1 aromatic heterocycles. The predicted octanol–water partition coefficient (Wildman–Crippen LogP) is 1.60. The lowest BCUT2D eigenvalue weighted by molar-refractivity contribution is 0.0363. The molecule has 7 heteroatoms. The molecule has 2 N–H and O–H groups in total. The first-order valence-electron chi connectivity index (χ1n) is 6.03. The second-order valence-corrected chi connectivity index (χ2v) is 4.20. The molecule has 0 spiro atoms. The van der Waals surface area contributed by atoms with Gasteiger partial charge in [-0.15, -0.1) is 0 Å². The van der Waals surface area contributed by atoms with Gasteiger partial charge in [0.05, 0.1) is 18.3 Å². The summed E-state index contributed by atoms with van der Waals surface area (Å²) in [6.07, 6.45) is -0.121. The molecule has 108 valence electrons. The van der Waals surface area contributed by atoms with Crippen molar-refractivity contribution in [2.45, 2.75) is 6.10 Å². The van der Waals surface area contributed by atoms with Gasteiger partial charge in [0, 0.05) is 20.8 Å². The Morgan fingerprint density at radius 1 is 1.50 bits per heavy atom. The van der Waals surface area contributed by atoms with E-state index in [9.17, 15) is 4.79 Å². The SMILES string of the molecule is COCC(CNc1nc2ccc(C(=O)O)cc2o1)OC. The van der Waals surface area contributed by atoms with Gasteiger partial charge in [-0.2, -0.15) is 4.98 Å². The van der Waals surface area contributed by atoms with E-state index in [0.717, 1.165) is 0 Å². The van der Waals surface area contributed by atoms with Crippen molar-refractivity contribution in [3.05, 3.63) is 23.8 Å². The van der Waals surface area contributed by atoms with Gasteiger partial charge in [-0.1, -0.05) is 0 Å². The number of fused-ring (bicyclic) bond motifs is 1. The molecule has 0 saturated carbocycles. The molecule has 2 aromatic rings. The number of carbonyl (C=O) groups is 1. The Morgan fingerprint density at radius 3 is 2.95 bits per heavy atom. The number of aromatic nitrogens is 1. The minimum atomic E-state index is -1.00. The van der Waals surface area contributed by atoms with Gasteiger partial charge in [0.1, 0.15) is 5.52 Å². The molecule has 1 atom stereocenters. The van der Waals surface area contributed by atoms with Crippen molar-refractivity contribution in [1.82, 2.24) is 4.98 Å². The smallest absolute Gasteiger partial charge is 0.335 e. The van der Waals surface area contributed by atoms with Crippen LogP contribution in [0.3, 0.4) is 0 Å². The molecule has 0 radical (unpaired) electrons. The third-order valence-electron chi connectivity index (χ3n) is 2.80. The van der Waals surface area contributed by atoms with Crippen molar-refractivity contribution in [1.29, 1.82) is 0 Å². The normalized spacial score (nSPS) is 12.5. The van der Waals surface area contributed by atoms with E-state index in [0.29, 0.717) is 30.3 Å². The molecule has 1 unspecified atom stereocenters. The molecule has 20 heavy (non-hydrogen) atoms. The zero-order valence-electron chi connectivity index (χ0n) is 11.3. The van der Waals surface area contributed by atoms with Crippen LogP contribution in [0, 0.1) is 0 Å². The highest BCUT2D eigenvalue weighted by atomic mass is 16.5. The van der Waals surface area contributed by atoms with E-state index in [1.807, 2.05) is 0 Å². The van der Waals surface area contributed by atoms with Crippen LogP contribution < -0.4 is 5.32 Å². The molecule has 0 amide bonds. The number of hydrogen-bond donors (Lipinski definition) is 2. The lowest BCUT2D eigenvalue weighted by Gasteiger charge is -2.13. The van der Waals surface area contributed by atoms with E-state index >= 15 is 0 Å². The van der Waals surface area contributed by atoms with Gasteiger partial charge in [-0.05, 0) is 18.2 Å². The lowest BCUT2D eigenvalue weighted by atomic mass is 10.2. The number of methoxy groups -OCH3 is 2. The van der Waals surface area contributed by atoms with Crippen molar-refractivity contribution in [2.24, 2.45) is 0 Å². The third kappa shape index (κ3) is 3.25. The van der Waals surface area contributed by atoms with Crippen molar-refractivity contribution < 1.29 is 23.8 Å². The summed E-state index contributed by atoms with van der Waals surface area (Å²) < 4.78 is 15.7. The van der Waals surface area contributed by atoms with Crippen LogP contribution in [0.2, 0.25) is 0 Å². The number of aromatic carboxylic acids is 1. The summed E-state index contributed by atoms with van der Waals surface area (Å²) in [6.45, 7) is 0.926. The summed E-state index contributed by atoms with van der Waals surface area (Å²) in [5.41, 5.74) is 1.18. The molecule has 0 aliphatic heterocycles. The summed E-state index contributed by atoms with van der Waals surface area (Å²) in [6, 6.07) is 4.86. The number of anilines is 1. The van der Waals surface area contributed by atoms with Gasteiger partial charge < -0.3 is 24.3 Å². The van der Waals surface area contributed by atoms with E-state index in [-0.39, 0.29) is 11.7 Å². The van der Waals surface area contributed by atoms with Crippen molar-refractivity contribution in [2.75, 3.05) is 32.7 Å². The van der Waals surface area contributed by atoms with Gasteiger partial charge in [0.2, 0.25) is 0 Å². The third-order valence-corrected chi connectivity index (χ3v) is 2.80. The first-order chi connectivity index (χ1) is 9.63. The molecular weight excluding hydrogens is 264 g/mol. The van der Waals surface area contributed by atoms with Gasteiger partial charge in [0.25, 0.3) is 6.01 Å². The number of benzene rings is 1. The van der Waals surface area contributed by atoms with Crippen LogP contribution in [-0.2, 0) is 9.47 Å². The van der Waals surface area contributed by atoms with Crippen LogP contribution in [0.4, 0.5) is 6.01 Å². The number of carboxylic acid groups (broad SMARTS) is 1. The molecular formula is C13H16N2O5. The summed E-state index contributed by atoms with van der Waals surface area (Å²) in [4.78, 5) is 15.1. The van der Waals surface area contributed by atoms with Crippen molar-refractivity contribution >= 4 is 23.1 Å². The molecule has 2 rings (SSSR count). The molecule has 0 aliphatic rings. The Balaban J connectivity index is 2.09. The fraction of sp³-hybridized carbons (Fsp3) is 0.385.